The average Bonchev–Trinajstić information content (AvgIpc) is 3.08. The molecule has 0 aromatic carbocycles. The van der Waals surface area contributed by atoms with Crippen LogP contribution in [0.3, 0.4) is 0 Å². The molecule has 6 heteroatoms. The molecule has 122 valence electrons. The Morgan fingerprint density at radius 2 is 2.14 bits per heavy atom. The van der Waals surface area contributed by atoms with E-state index >= 15 is 0 Å². The highest BCUT2D eigenvalue weighted by atomic mass is 16.5. The van der Waals surface area contributed by atoms with E-state index in [-0.39, 0.29) is 12.0 Å². The van der Waals surface area contributed by atoms with Gasteiger partial charge >= 0.3 is 0 Å². The van der Waals surface area contributed by atoms with Crippen LogP contribution in [0.25, 0.3) is 0 Å². The fraction of sp³-hybridized carbons (Fsp3) is 0.812. The van der Waals surface area contributed by atoms with E-state index in [4.69, 9.17) is 4.74 Å². The van der Waals surface area contributed by atoms with Crippen LogP contribution in [-0.2, 0) is 16.1 Å². The molecule has 6 nitrogen and oxygen atoms in total. The van der Waals surface area contributed by atoms with Crippen molar-refractivity contribution in [1.29, 1.82) is 0 Å². The number of ether oxygens (including phenoxy) is 1. The van der Waals surface area contributed by atoms with Gasteiger partial charge in [0.15, 0.2) is 0 Å². The number of likely N-dealkylation sites (tertiary alicyclic amines) is 1. The summed E-state index contributed by atoms with van der Waals surface area (Å²) in [5.74, 6) is 0.978. The first-order valence-corrected chi connectivity index (χ1v) is 8.52. The number of rotatable bonds is 4. The molecule has 22 heavy (non-hydrogen) atoms. The molecule has 2 aliphatic heterocycles. The summed E-state index contributed by atoms with van der Waals surface area (Å²) in [6.07, 6.45) is 8.76. The summed E-state index contributed by atoms with van der Waals surface area (Å²) >= 11 is 0. The highest BCUT2D eigenvalue weighted by Crippen LogP contribution is 2.27. The number of hydrogen-bond donors (Lipinski definition) is 0. The molecule has 0 saturated carbocycles. The quantitative estimate of drug-likeness (QED) is 0.850. The van der Waals surface area contributed by atoms with E-state index in [1.807, 2.05) is 10.9 Å². The summed E-state index contributed by atoms with van der Waals surface area (Å²) in [7, 11) is 0. The Morgan fingerprint density at radius 1 is 1.32 bits per heavy atom. The topological polar surface area (TPSA) is 60.2 Å². The van der Waals surface area contributed by atoms with Crippen molar-refractivity contribution >= 4 is 5.91 Å². The van der Waals surface area contributed by atoms with Crippen LogP contribution in [-0.4, -0.2) is 51.6 Å². The van der Waals surface area contributed by atoms with Crippen molar-refractivity contribution in [3.8, 4) is 0 Å². The molecule has 2 saturated heterocycles. The normalized spacial score (nSPS) is 27.0. The van der Waals surface area contributed by atoms with E-state index in [1.54, 1.807) is 6.20 Å². The Hall–Kier alpha value is -1.43. The van der Waals surface area contributed by atoms with Crippen molar-refractivity contribution in [3.63, 3.8) is 0 Å². The van der Waals surface area contributed by atoms with Gasteiger partial charge in [0.25, 0.3) is 0 Å². The summed E-state index contributed by atoms with van der Waals surface area (Å²) in [5, 5.41) is 7.87. The molecule has 1 aromatic rings. The van der Waals surface area contributed by atoms with Crippen LogP contribution in [0, 0.1) is 11.8 Å². The second kappa shape index (κ2) is 7.22. The minimum Gasteiger partial charge on any atom is -0.377 e. The maximum atomic E-state index is 12.8. The zero-order valence-corrected chi connectivity index (χ0v) is 13.4. The van der Waals surface area contributed by atoms with Gasteiger partial charge in [-0.05, 0) is 38.0 Å². The van der Waals surface area contributed by atoms with Crippen LogP contribution in [0.4, 0.5) is 0 Å². The summed E-state index contributed by atoms with van der Waals surface area (Å²) < 4.78 is 7.67. The first kappa shape index (κ1) is 15.5. The fourth-order valence-electron chi connectivity index (χ4n) is 3.69. The third-order valence-electron chi connectivity index (χ3n) is 5.00. The molecule has 1 amide bonds. The SMILES string of the molecule is CC[C@@H]1OCCC[C@H]1C(=O)N1CCC(Cn2ccnn2)CC1. The van der Waals surface area contributed by atoms with Gasteiger partial charge < -0.3 is 9.64 Å². The predicted molar refractivity (Wildman–Crippen MR) is 82.1 cm³/mol. The molecule has 0 N–H and O–H groups in total. The highest BCUT2D eigenvalue weighted by Gasteiger charge is 2.35. The largest absolute Gasteiger partial charge is 0.377 e. The molecule has 2 atom stereocenters. The molecule has 0 spiro atoms. The third-order valence-corrected chi connectivity index (χ3v) is 5.00. The van der Waals surface area contributed by atoms with Gasteiger partial charge in [0.2, 0.25) is 5.91 Å². The van der Waals surface area contributed by atoms with E-state index in [9.17, 15) is 4.79 Å². The molecule has 3 heterocycles. The predicted octanol–water partition coefficient (Wildman–Crippen LogP) is 1.72. The van der Waals surface area contributed by atoms with E-state index in [1.165, 1.54) is 0 Å². The highest BCUT2D eigenvalue weighted by molar-refractivity contribution is 5.79. The molecule has 3 rings (SSSR count). The van der Waals surface area contributed by atoms with E-state index in [0.29, 0.717) is 11.8 Å². The lowest BCUT2D eigenvalue weighted by Gasteiger charge is -2.37. The number of piperidine rings is 1. The first-order chi connectivity index (χ1) is 10.8. The molecular formula is C16H26N4O2. The maximum absolute atomic E-state index is 12.8. The number of hydrogen-bond acceptors (Lipinski definition) is 4. The van der Waals surface area contributed by atoms with Gasteiger partial charge in [0.1, 0.15) is 0 Å². The van der Waals surface area contributed by atoms with Crippen LogP contribution < -0.4 is 0 Å². The van der Waals surface area contributed by atoms with Gasteiger partial charge in [0.05, 0.1) is 18.2 Å². The zero-order valence-electron chi connectivity index (χ0n) is 13.4. The van der Waals surface area contributed by atoms with Gasteiger partial charge in [-0.15, -0.1) is 5.10 Å². The number of amides is 1. The summed E-state index contributed by atoms with van der Waals surface area (Å²) in [4.78, 5) is 14.8. The Kier molecular flexibility index (Phi) is 5.08. The van der Waals surface area contributed by atoms with E-state index in [0.717, 1.165) is 58.3 Å². The monoisotopic (exact) mass is 306 g/mol. The molecule has 0 unspecified atom stereocenters. The molecule has 2 fully saturated rings. The van der Waals surface area contributed by atoms with Gasteiger partial charge in [-0.25, -0.2) is 0 Å². The van der Waals surface area contributed by atoms with Crippen molar-refractivity contribution < 1.29 is 9.53 Å². The minimum absolute atomic E-state index is 0.0746. The molecule has 2 aliphatic rings. The number of carbonyl (C=O) groups excluding carboxylic acids is 1. The minimum atomic E-state index is 0.0746. The Balaban J connectivity index is 1.51. The van der Waals surface area contributed by atoms with Crippen LogP contribution in [0.1, 0.15) is 39.0 Å². The molecule has 1 aromatic heterocycles. The number of nitrogens with zero attached hydrogens (tertiary/aromatic N) is 4. The van der Waals surface area contributed by atoms with Gasteiger partial charge in [0, 0.05) is 32.4 Å². The molecule has 0 aliphatic carbocycles. The number of carbonyl (C=O) groups is 1. The van der Waals surface area contributed by atoms with Crippen LogP contribution in [0.15, 0.2) is 12.4 Å². The Bertz CT molecular complexity index is 469. The first-order valence-electron chi connectivity index (χ1n) is 8.52. The number of aromatic nitrogens is 3. The smallest absolute Gasteiger partial charge is 0.228 e. The standard InChI is InChI=1S/C16H26N4O2/c1-2-15-14(4-3-11-22-15)16(21)19-8-5-13(6-9-19)12-20-10-7-17-18-20/h7,10,13-15H,2-6,8-9,11-12H2,1H3/t14-,15+/m1/s1. The van der Waals surface area contributed by atoms with Crippen molar-refractivity contribution in [3.05, 3.63) is 12.4 Å². The molecular weight excluding hydrogens is 280 g/mol. The lowest BCUT2D eigenvalue weighted by molar-refractivity contribution is -0.146. The van der Waals surface area contributed by atoms with Gasteiger partial charge in [-0.2, -0.15) is 0 Å². The van der Waals surface area contributed by atoms with Crippen LogP contribution in [0.5, 0.6) is 0 Å². The zero-order chi connectivity index (χ0) is 15.4. The lowest BCUT2D eigenvalue weighted by Crippen LogP contribution is -2.47. The lowest BCUT2D eigenvalue weighted by atomic mass is 9.89. The summed E-state index contributed by atoms with van der Waals surface area (Å²) in [5.41, 5.74) is 0. The van der Waals surface area contributed by atoms with Crippen molar-refractivity contribution in [2.24, 2.45) is 11.8 Å². The fourth-order valence-corrected chi connectivity index (χ4v) is 3.69. The van der Waals surface area contributed by atoms with Gasteiger partial charge in [-0.1, -0.05) is 12.1 Å². The van der Waals surface area contributed by atoms with Crippen molar-refractivity contribution in [2.75, 3.05) is 19.7 Å². The summed E-state index contributed by atoms with van der Waals surface area (Å²) in [6.45, 7) is 5.56. The van der Waals surface area contributed by atoms with Crippen LogP contribution >= 0.6 is 0 Å². The Morgan fingerprint density at radius 3 is 2.82 bits per heavy atom. The molecule has 0 radical (unpaired) electrons. The van der Waals surface area contributed by atoms with E-state index in [2.05, 4.69) is 22.1 Å². The van der Waals surface area contributed by atoms with E-state index < -0.39 is 0 Å². The van der Waals surface area contributed by atoms with Crippen LogP contribution in [0.2, 0.25) is 0 Å². The summed E-state index contributed by atoms with van der Waals surface area (Å²) in [6, 6.07) is 0. The second-order valence-electron chi connectivity index (χ2n) is 6.46. The average molecular weight is 306 g/mol. The van der Waals surface area contributed by atoms with Gasteiger partial charge in [-0.3, -0.25) is 9.48 Å². The second-order valence-corrected chi connectivity index (χ2v) is 6.46. The Labute approximate surface area is 131 Å². The van der Waals surface area contributed by atoms with Crippen molar-refractivity contribution in [1.82, 2.24) is 19.9 Å². The molecule has 0 bridgehead atoms. The maximum Gasteiger partial charge on any atom is 0.228 e. The van der Waals surface area contributed by atoms with Crippen molar-refractivity contribution in [2.45, 2.75) is 51.7 Å². The third kappa shape index (κ3) is 3.48.